The zero-order valence-electron chi connectivity index (χ0n) is 11.2. The van der Waals surface area contributed by atoms with Crippen LogP contribution in [0.2, 0.25) is 0 Å². The summed E-state index contributed by atoms with van der Waals surface area (Å²) >= 11 is 1.59. The Bertz CT molecular complexity index is 675. The van der Waals surface area contributed by atoms with E-state index in [0.717, 1.165) is 46.0 Å². The first-order chi connectivity index (χ1) is 9.04. The molecule has 102 valence electrons. The molecule has 0 aromatic carbocycles. The molecule has 2 aromatic rings. The monoisotopic (exact) mass is 278 g/mol. The molecule has 1 fully saturated rings. The lowest BCUT2D eigenvalue weighted by atomic mass is 10.2. The molecule has 1 aliphatic heterocycles. The predicted molar refractivity (Wildman–Crippen MR) is 77.6 cm³/mol. The molecule has 0 aliphatic carbocycles. The molecule has 3 heterocycles. The van der Waals surface area contributed by atoms with E-state index in [-0.39, 0.29) is 11.6 Å². The van der Waals surface area contributed by atoms with E-state index >= 15 is 0 Å². The first-order valence-corrected chi connectivity index (χ1v) is 7.33. The van der Waals surface area contributed by atoms with Gasteiger partial charge in [-0.05, 0) is 25.8 Å². The van der Waals surface area contributed by atoms with E-state index in [1.807, 2.05) is 13.8 Å². The largest absolute Gasteiger partial charge is 0.326 e. The number of H-pyrrole nitrogens is 1. The van der Waals surface area contributed by atoms with Gasteiger partial charge in [-0.15, -0.1) is 11.3 Å². The van der Waals surface area contributed by atoms with E-state index in [4.69, 9.17) is 5.73 Å². The maximum Gasteiger partial charge on any atom is 0.259 e. The van der Waals surface area contributed by atoms with Crippen LogP contribution in [0.25, 0.3) is 10.2 Å². The van der Waals surface area contributed by atoms with E-state index in [1.54, 1.807) is 11.3 Å². The maximum atomic E-state index is 12.1. The van der Waals surface area contributed by atoms with Crippen molar-refractivity contribution in [3.05, 3.63) is 26.6 Å². The second kappa shape index (κ2) is 4.70. The molecule has 2 aromatic heterocycles. The topological polar surface area (TPSA) is 75.0 Å². The highest BCUT2D eigenvalue weighted by Crippen LogP contribution is 2.25. The van der Waals surface area contributed by atoms with Crippen LogP contribution < -0.4 is 11.3 Å². The van der Waals surface area contributed by atoms with Gasteiger partial charge in [-0.25, -0.2) is 4.98 Å². The van der Waals surface area contributed by atoms with Gasteiger partial charge in [0.15, 0.2) is 0 Å². The van der Waals surface area contributed by atoms with Crippen LogP contribution in [0.4, 0.5) is 0 Å². The minimum absolute atomic E-state index is 0.0228. The Labute approximate surface area is 115 Å². The lowest BCUT2D eigenvalue weighted by Crippen LogP contribution is -2.27. The van der Waals surface area contributed by atoms with Crippen molar-refractivity contribution < 1.29 is 0 Å². The molecule has 0 saturated carbocycles. The molecule has 5 nitrogen and oxygen atoms in total. The van der Waals surface area contributed by atoms with Crippen molar-refractivity contribution in [1.82, 2.24) is 14.9 Å². The van der Waals surface area contributed by atoms with Crippen molar-refractivity contribution in [2.24, 2.45) is 5.73 Å². The molecule has 3 N–H and O–H groups in total. The van der Waals surface area contributed by atoms with Gasteiger partial charge < -0.3 is 10.7 Å². The second-order valence-electron chi connectivity index (χ2n) is 5.26. The summed E-state index contributed by atoms with van der Waals surface area (Å²) in [6, 6.07) is 0.252. The molecule has 3 rings (SSSR count). The molecule has 0 amide bonds. The number of hydrogen-bond acceptors (Lipinski definition) is 5. The lowest BCUT2D eigenvalue weighted by Gasteiger charge is -2.13. The predicted octanol–water partition coefficient (Wildman–Crippen LogP) is 1.13. The summed E-state index contributed by atoms with van der Waals surface area (Å²) in [4.78, 5) is 23.9. The first kappa shape index (κ1) is 12.8. The number of aryl methyl sites for hydroxylation is 2. The van der Waals surface area contributed by atoms with Gasteiger partial charge in [-0.2, -0.15) is 0 Å². The highest BCUT2D eigenvalue weighted by atomic mass is 32.1. The average Bonchev–Trinajstić information content (AvgIpc) is 2.85. The van der Waals surface area contributed by atoms with Crippen molar-refractivity contribution in [3.63, 3.8) is 0 Å². The molecule has 1 atom stereocenters. The maximum absolute atomic E-state index is 12.1. The highest BCUT2D eigenvalue weighted by molar-refractivity contribution is 7.18. The fraction of sp³-hybridized carbons (Fsp3) is 0.538. The average molecular weight is 278 g/mol. The van der Waals surface area contributed by atoms with Gasteiger partial charge in [0.1, 0.15) is 10.7 Å². The fourth-order valence-corrected chi connectivity index (χ4v) is 3.64. The smallest absolute Gasteiger partial charge is 0.259 e. The van der Waals surface area contributed by atoms with Gasteiger partial charge in [0.05, 0.1) is 11.9 Å². The molecule has 0 radical (unpaired) electrons. The number of rotatable bonds is 2. The molecular formula is C13H18N4OS. The number of aromatic nitrogens is 2. The molecule has 0 bridgehead atoms. The summed E-state index contributed by atoms with van der Waals surface area (Å²) in [6.07, 6.45) is 1.02. The van der Waals surface area contributed by atoms with E-state index in [2.05, 4.69) is 14.9 Å². The molecular weight excluding hydrogens is 260 g/mol. The third-order valence-corrected chi connectivity index (χ3v) is 4.87. The van der Waals surface area contributed by atoms with E-state index in [1.165, 1.54) is 0 Å². The summed E-state index contributed by atoms with van der Waals surface area (Å²) < 4.78 is 0. The zero-order valence-corrected chi connectivity index (χ0v) is 12.0. The van der Waals surface area contributed by atoms with E-state index in [0.29, 0.717) is 6.54 Å². The second-order valence-corrected chi connectivity index (χ2v) is 6.46. The van der Waals surface area contributed by atoms with E-state index < -0.39 is 0 Å². The van der Waals surface area contributed by atoms with Gasteiger partial charge >= 0.3 is 0 Å². The molecule has 19 heavy (non-hydrogen) atoms. The van der Waals surface area contributed by atoms with Gasteiger partial charge in [0.25, 0.3) is 5.56 Å². The molecule has 0 spiro atoms. The van der Waals surface area contributed by atoms with E-state index in [9.17, 15) is 4.79 Å². The summed E-state index contributed by atoms with van der Waals surface area (Å²) in [7, 11) is 0. The molecule has 0 unspecified atom stereocenters. The minimum Gasteiger partial charge on any atom is -0.326 e. The third-order valence-electron chi connectivity index (χ3n) is 3.77. The number of nitrogens with zero attached hydrogens (tertiary/aromatic N) is 2. The Morgan fingerprint density at radius 3 is 3.00 bits per heavy atom. The third kappa shape index (κ3) is 2.31. The van der Waals surface area contributed by atoms with Gasteiger partial charge in [0.2, 0.25) is 0 Å². The molecule has 1 saturated heterocycles. The van der Waals surface area contributed by atoms with Crippen molar-refractivity contribution in [1.29, 1.82) is 0 Å². The van der Waals surface area contributed by atoms with Crippen molar-refractivity contribution in [2.45, 2.75) is 32.9 Å². The quantitative estimate of drug-likeness (QED) is 0.863. The number of fused-ring (bicyclic) bond motifs is 1. The Morgan fingerprint density at radius 1 is 1.53 bits per heavy atom. The van der Waals surface area contributed by atoms with Crippen LogP contribution in [0.1, 0.15) is 22.7 Å². The number of aromatic amines is 1. The molecule has 6 heteroatoms. The zero-order chi connectivity index (χ0) is 13.6. The summed E-state index contributed by atoms with van der Waals surface area (Å²) in [6.45, 7) is 6.54. The van der Waals surface area contributed by atoms with Gasteiger partial charge in [-0.3, -0.25) is 9.69 Å². The first-order valence-electron chi connectivity index (χ1n) is 6.51. The van der Waals surface area contributed by atoms with Crippen molar-refractivity contribution >= 4 is 21.6 Å². The summed E-state index contributed by atoms with van der Waals surface area (Å²) in [5.74, 6) is 0.743. The van der Waals surface area contributed by atoms with Crippen LogP contribution in [-0.2, 0) is 6.54 Å². The Balaban J connectivity index is 1.95. The standard InChI is InChI=1S/C13H18N4OS/c1-7-8(2)19-13-11(7)12(18)15-10(16-13)6-17-4-3-9(14)5-17/h9H,3-6,14H2,1-2H3,(H,15,16,18)/t9-/m1/s1. The van der Waals surface area contributed by atoms with Crippen molar-refractivity contribution in [2.75, 3.05) is 13.1 Å². The highest BCUT2D eigenvalue weighted by Gasteiger charge is 2.20. The van der Waals surface area contributed by atoms with Gasteiger partial charge in [0, 0.05) is 24.0 Å². The Hall–Kier alpha value is -1.24. The van der Waals surface area contributed by atoms with Crippen LogP contribution in [0, 0.1) is 13.8 Å². The number of likely N-dealkylation sites (tertiary alicyclic amines) is 1. The molecule has 1 aliphatic rings. The Kier molecular flexibility index (Phi) is 3.16. The van der Waals surface area contributed by atoms with Crippen LogP contribution in [0.15, 0.2) is 4.79 Å². The van der Waals surface area contributed by atoms with Crippen LogP contribution in [-0.4, -0.2) is 34.0 Å². The SMILES string of the molecule is Cc1sc2nc(CN3CC[C@@H](N)C3)[nH]c(=O)c2c1C. The van der Waals surface area contributed by atoms with Crippen LogP contribution in [0.5, 0.6) is 0 Å². The number of hydrogen-bond donors (Lipinski definition) is 2. The summed E-state index contributed by atoms with van der Waals surface area (Å²) in [5, 5.41) is 0.740. The number of thiophene rings is 1. The number of nitrogens with one attached hydrogen (secondary N) is 1. The van der Waals surface area contributed by atoms with Crippen molar-refractivity contribution in [3.8, 4) is 0 Å². The van der Waals surface area contributed by atoms with Crippen LogP contribution in [0.3, 0.4) is 0 Å². The lowest BCUT2D eigenvalue weighted by molar-refractivity contribution is 0.318. The normalized spacial score (nSPS) is 20.5. The number of nitrogens with two attached hydrogens (primary N) is 1. The van der Waals surface area contributed by atoms with Crippen LogP contribution >= 0.6 is 11.3 Å². The minimum atomic E-state index is -0.0228. The Morgan fingerprint density at radius 2 is 2.32 bits per heavy atom. The van der Waals surface area contributed by atoms with Gasteiger partial charge in [-0.1, -0.05) is 0 Å². The fourth-order valence-electron chi connectivity index (χ4n) is 2.59. The summed E-state index contributed by atoms with van der Waals surface area (Å²) in [5.41, 5.74) is 6.91.